The van der Waals surface area contributed by atoms with E-state index in [4.69, 9.17) is 4.99 Å². The molecule has 0 atom stereocenters. The largest absolute Gasteiger partial charge is 0.364 e. The second kappa shape index (κ2) is 11.8. The van der Waals surface area contributed by atoms with Crippen LogP contribution in [0.4, 0.5) is 5.69 Å². The minimum atomic E-state index is 0. The maximum absolute atomic E-state index is 4.76. The van der Waals surface area contributed by atoms with Crippen LogP contribution in [0.25, 0.3) is 0 Å². The average molecular weight is 508 g/mol. The highest BCUT2D eigenvalue weighted by atomic mass is 127. The van der Waals surface area contributed by atoms with E-state index in [1.807, 2.05) is 6.92 Å². The van der Waals surface area contributed by atoms with Gasteiger partial charge < -0.3 is 15.5 Å². The fourth-order valence-corrected chi connectivity index (χ4v) is 3.39. The summed E-state index contributed by atoms with van der Waals surface area (Å²) in [4.78, 5) is 7.11. The van der Waals surface area contributed by atoms with Crippen molar-refractivity contribution in [1.82, 2.24) is 20.4 Å². The first-order valence-corrected chi connectivity index (χ1v) is 10.2. The molecule has 158 valence electrons. The second-order valence-electron chi connectivity index (χ2n) is 7.17. The zero-order valence-corrected chi connectivity index (χ0v) is 20.0. The molecule has 0 saturated carbocycles. The fourth-order valence-electron chi connectivity index (χ4n) is 3.39. The van der Waals surface area contributed by atoms with E-state index in [1.54, 1.807) is 0 Å². The van der Waals surface area contributed by atoms with Crippen LogP contribution in [0.1, 0.15) is 30.3 Å². The molecule has 1 aromatic carbocycles. The normalized spacial score (nSPS) is 13.5. The number of aryl methyl sites for hydroxylation is 3. The van der Waals surface area contributed by atoms with Crippen LogP contribution in [0.5, 0.6) is 0 Å². The molecule has 0 radical (unpaired) electrons. The van der Waals surface area contributed by atoms with E-state index in [0.717, 1.165) is 50.8 Å². The Balaban J connectivity index is 0.00000300. The van der Waals surface area contributed by atoms with Gasteiger partial charge in [0.05, 0.1) is 12.2 Å². The molecule has 29 heavy (non-hydrogen) atoms. The third-order valence-corrected chi connectivity index (χ3v) is 4.80. The lowest BCUT2D eigenvalue weighted by Crippen LogP contribution is -2.38. The average Bonchev–Trinajstić information content (AvgIpc) is 3.33. The van der Waals surface area contributed by atoms with Gasteiger partial charge in [0.2, 0.25) is 0 Å². The van der Waals surface area contributed by atoms with E-state index in [9.17, 15) is 0 Å². The minimum absolute atomic E-state index is 0. The smallest absolute Gasteiger partial charge is 0.191 e. The lowest BCUT2D eigenvalue weighted by Gasteiger charge is -2.18. The van der Waals surface area contributed by atoms with Gasteiger partial charge in [-0.3, -0.25) is 4.68 Å². The Morgan fingerprint density at radius 2 is 1.93 bits per heavy atom. The molecule has 2 N–H and O–H groups in total. The number of anilines is 1. The first-order chi connectivity index (χ1) is 13.7. The molecule has 2 aromatic rings. The molecule has 0 unspecified atom stereocenters. The van der Waals surface area contributed by atoms with Crippen LogP contribution in [0, 0.1) is 13.8 Å². The van der Waals surface area contributed by atoms with Crippen LogP contribution in [-0.4, -0.2) is 41.9 Å². The Morgan fingerprint density at radius 1 is 1.14 bits per heavy atom. The first kappa shape index (κ1) is 23.3. The van der Waals surface area contributed by atoms with Crippen LogP contribution >= 0.6 is 24.0 Å². The summed E-state index contributed by atoms with van der Waals surface area (Å²) >= 11 is 0. The molecule has 1 aliphatic heterocycles. The molecule has 0 fully saturated rings. The van der Waals surface area contributed by atoms with Gasteiger partial charge in [-0.25, -0.2) is 4.99 Å². The molecule has 1 aromatic heterocycles. The molecule has 6 nitrogen and oxygen atoms in total. The number of aliphatic imine (C=N–C) groups is 1. The zero-order chi connectivity index (χ0) is 19.8. The van der Waals surface area contributed by atoms with Crippen molar-refractivity contribution in [1.29, 1.82) is 0 Å². The second-order valence-corrected chi connectivity index (χ2v) is 7.17. The fraction of sp³-hybridized carbons (Fsp3) is 0.455. The highest BCUT2D eigenvalue weighted by molar-refractivity contribution is 14.0. The number of nitrogens with zero attached hydrogens (tertiary/aromatic N) is 4. The summed E-state index contributed by atoms with van der Waals surface area (Å²) in [5.74, 6) is 0.865. The Kier molecular flexibility index (Phi) is 9.50. The van der Waals surface area contributed by atoms with E-state index in [2.05, 4.69) is 81.6 Å². The van der Waals surface area contributed by atoms with E-state index < -0.39 is 0 Å². The van der Waals surface area contributed by atoms with Crippen molar-refractivity contribution < 1.29 is 0 Å². The molecule has 1 aliphatic rings. The summed E-state index contributed by atoms with van der Waals surface area (Å²) in [5, 5.41) is 11.3. The highest BCUT2D eigenvalue weighted by Crippen LogP contribution is 2.18. The van der Waals surface area contributed by atoms with Crippen molar-refractivity contribution >= 4 is 35.6 Å². The molecule has 0 bridgehead atoms. The number of guanidine groups is 1. The van der Waals surface area contributed by atoms with Gasteiger partial charge in [-0.15, -0.1) is 24.0 Å². The van der Waals surface area contributed by atoms with Gasteiger partial charge in [0.25, 0.3) is 0 Å². The highest BCUT2D eigenvalue weighted by Gasteiger charge is 2.08. The number of hydrogen-bond acceptors (Lipinski definition) is 3. The van der Waals surface area contributed by atoms with E-state index in [1.165, 1.54) is 16.9 Å². The van der Waals surface area contributed by atoms with Crippen LogP contribution in [0.3, 0.4) is 0 Å². The third-order valence-electron chi connectivity index (χ3n) is 4.80. The monoisotopic (exact) mass is 508 g/mol. The predicted octanol–water partition coefficient (Wildman–Crippen LogP) is 3.64. The molecule has 0 aliphatic carbocycles. The number of halogens is 1. The number of aromatic nitrogens is 2. The lowest BCUT2D eigenvalue weighted by atomic mass is 10.2. The topological polar surface area (TPSA) is 57.5 Å². The van der Waals surface area contributed by atoms with E-state index in [0.29, 0.717) is 6.54 Å². The molecular weight excluding hydrogens is 475 g/mol. The number of rotatable bonds is 8. The minimum Gasteiger partial charge on any atom is -0.364 e. The van der Waals surface area contributed by atoms with Gasteiger partial charge in [0.1, 0.15) is 0 Å². The molecule has 0 spiro atoms. The van der Waals surface area contributed by atoms with Crippen LogP contribution in [0.15, 0.2) is 47.5 Å². The van der Waals surface area contributed by atoms with Gasteiger partial charge >= 0.3 is 0 Å². The molecule has 0 saturated heterocycles. The summed E-state index contributed by atoms with van der Waals surface area (Å²) in [5.41, 5.74) is 4.78. The van der Waals surface area contributed by atoms with Crippen LogP contribution in [0.2, 0.25) is 0 Å². The van der Waals surface area contributed by atoms with Crippen molar-refractivity contribution in [2.45, 2.75) is 40.3 Å². The zero-order valence-electron chi connectivity index (χ0n) is 17.7. The SMILES string of the molecule is CCNC(=NCc1cccc(N2CC=CC2)c1)NCCCn1nc(C)cc1C.I. The maximum Gasteiger partial charge on any atom is 0.191 e. The van der Waals surface area contributed by atoms with Crippen LogP contribution < -0.4 is 15.5 Å². The van der Waals surface area contributed by atoms with E-state index in [-0.39, 0.29) is 24.0 Å². The molecule has 2 heterocycles. The standard InChI is InChI=1S/C22H32N6.HI/c1-4-23-22(24-11-8-14-28-19(3)15-18(2)26-28)25-17-20-9-7-10-21(16-20)27-12-5-6-13-27;/h5-7,9-10,15-16H,4,8,11-14,17H2,1-3H3,(H2,23,24,25);1H. The quantitative estimate of drug-likeness (QED) is 0.188. The van der Waals surface area contributed by atoms with Gasteiger partial charge in [-0.2, -0.15) is 5.10 Å². The number of benzene rings is 1. The Labute approximate surface area is 191 Å². The summed E-state index contributed by atoms with van der Waals surface area (Å²) in [6, 6.07) is 10.8. The molecule has 3 rings (SSSR count). The van der Waals surface area contributed by atoms with E-state index >= 15 is 0 Å². The predicted molar refractivity (Wildman–Crippen MR) is 132 cm³/mol. The first-order valence-electron chi connectivity index (χ1n) is 10.2. The van der Waals surface area contributed by atoms with Crippen molar-refractivity contribution in [3.63, 3.8) is 0 Å². The summed E-state index contributed by atoms with van der Waals surface area (Å²) < 4.78 is 2.07. The van der Waals surface area contributed by atoms with Crippen molar-refractivity contribution in [3.05, 3.63) is 59.4 Å². The van der Waals surface area contributed by atoms with Crippen molar-refractivity contribution in [2.75, 3.05) is 31.1 Å². The summed E-state index contributed by atoms with van der Waals surface area (Å²) in [7, 11) is 0. The van der Waals surface area contributed by atoms with Gasteiger partial charge in [-0.1, -0.05) is 24.3 Å². The molecule has 0 amide bonds. The summed E-state index contributed by atoms with van der Waals surface area (Å²) in [6.07, 6.45) is 5.43. The Morgan fingerprint density at radius 3 is 2.62 bits per heavy atom. The van der Waals surface area contributed by atoms with Crippen molar-refractivity contribution in [3.8, 4) is 0 Å². The van der Waals surface area contributed by atoms with Crippen molar-refractivity contribution in [2.24, 2.45) is 4.99 Å². The summed E-state index contributed by atoms with van der Waals surface area (Å²) in [6.45, 7) is 11.5. The number of nitrogens with one attached hydrogen (secondary N) is 2. The van der Waals surface area contributed by atoms with Gasteiger partial charge in [0, 0.05) is 44.1 Å². The molecular formula is C22H33IN6. The maximum atomic E-state index is 4.76. The third kappa shape index (κ3) is 7.06. The number of hydrogen-bond donors (Lipinski definition) is 2. The lowest BCUT2D eigenvalue weighted by molar-refractivity contribution is 0.555. The van der Waals surface area contributed by atoms with Gasteiger partial charge in [-0.05, 0) is 51.0 Å². The van der Waals surface area contributed by atoms with Gasteiger partial charge in [0.15, 0.2) is 5.96 Å². The molecule has 7 heteroatoms. The van der Waals surface area contributed by atoms with Crippen LogP contribution in [-0.2, 0) is 13.1 Å². The Bertz CT molecular complexity index is 818. The Hall–Kier alpha value is -2.03.